The Kier molecular flexibility index (Phi) is 4.89. The molecule has 2 aromatic rings. The zero-order valence-corrected chi connectivity index (χ0v) is 11.8. The van der Waals surface area contributed by atoms with Gasteiger partial charge in [0, 0.05) is 17.5 Å². The molecule has 23 heavy (non-hydrogen) atoms. The highest BCUT2D eigenvalue weighted by atomic mass is 19.4. The number of carbonyl (C=O) groups is 2. The number of aromatic nitrogens is 2. The molecule has 0 aliphatic carbocycles. The van der Waals surface area contributed by atoms with Gasteiger partial charge in [0.2, 0.25) is 17.4 Å². The first-order valence-corrected chi connectivity index (χ1v) is 6.62. The van der Waals surface area contributed by atoms with Gasteiger partial charge < -0.3 is 10.3 Å². The van der Waals surface area contributed by atoms with E-state index in [1.807, 2.05) is 0 Å². The first kappa shape index (κ1) is 16.8. The van der Waals surface area contributed by atoms with Gasteiger partial charge in [0.15, 0.2) is 0 Å². The Bertz CT molecular complexity index is 708. The fourth-order valence-electron chi connectivity index (χ4n) is 1.76. The summed E-state index contributed by atoms with van der Waals surface area (Å²) in [6.45, 7) is 0.303. The number of nitrogens with zero attached hydrogens (tertiary/aromatic N) is 2. The molecule has 122 valence electrons. The van der Waals surface area contributed by atoms with E-state index in [0.717, 1.165) is 0 Å². The number of rotatable bonds is 6. The van der Waals surface area contributed by atoms with Gasteiger partial charge in [-0.15, -0.1) is 0 Å². The molecule has 0 saturated carbocycles. The minimum atomic E-state index is -4.73. The van der Waals surface area contributed by atoms with Crippen LogP contribution in [0.3, 0.4) is 0 Å². The van der Waals surface area contributed by atoms with Crippen molar-refractivity contribution in [3.8, 4) is 11.4 Å². The summed E-state index contributed by atoms with van der Waals surface area (Å²) < 4.78 is 41.3. The molecule has 0 fully saturated rings. The van der Waals surface area contributed by atoms with Crippen LogP contribution in [0.2, 0.25) is 0 Å². The van der Waals surface area contributed by atoms with Crippen LogP contribution in [0.4, 0.5) is 13.2 Å². The lowest BCUT2D eigenvalue weighted by molar-refractivity contribution is -0.159. The van der Waals surface area contributed by atoms with Crippen molar-refractivity contribution < 1.29 is 27.3 Å². The van der Waals surface area contributed by atoms with E-state index in [-0.39, 0.29) is 23.4 Å². The highest BCUT2D eigenvalue weighted by molar-refractivity contribution is 6.43. The molecule has 9 heteroatoms. The molecule has 0 radical (unpaired) electrons. The van der Waals surface area contributed by atoms with Gasteiger partial charge in [-0.05, 0) is 13.0 Å². The molecule has 0 bridgehead atoms. The van der Waals surface area contributed by atoms with Gasteiger partial charge in [0.1, 0.15) is 0 Å². The van der Waals surface area contributed by atoms with Gasteiger partial charge in [0.25, 0.3) is 0 Å². The van der Waals surface area contributed by atoms with Crippen LogP contribution in [0.15, 0.2) is 28.8 Å². The highest BCUT2D eigenvalue weighted by Crippen LogP contribution is 2.29. The predicted molar refractivity (Wildman–Crippen MR) is 72.4 cm³/mol. The molecular weight excluding hydrogens is 315 g/mol. The van der Waals surface area contributed by atoms with E-state index in [4.69, 9.17) is 5.73 Å². The first-order valence-electron chi connectivity index (χ1n) is 6.62. The maximum Gasteiger partial charge on any atom is 0.471 e. The molecule has 0 spiro atoms. The molecule has 6 nitrogen and oxygen atoms in total. The van der Waals surface area contributed by atoms with Crippen molar-refractivity contribution in [2.45, 2.75) is 19.0 Å². The molecule has 1 heterocycles. The van der Waals surface area contributed by atoms with Crippen LogP contribution in [0, 0.1) is 0 Å². The van der Waals surface area contributed by atoms with Gasteiger partial charge in [-0.1, -0.05) is 29.4 Å². The Labute approximate surface area is 128 Å². The Morgan fingerprint density at radius 3 is 2.35 bits per heavy atom. The van der Waals surface area contributed by atoms with Crippen LogP contribution in [0.1, 0.15) is 29.1 Å². The number of Topliss-reactive ketones (excluding diaryl/α,β-unsaturated/α-hetero) is 2. The quantitative estimate of drug-likeness (QED) is 0.645. The number of ketones is 2. The molecule has 0 unspecified atom stereocenters. The number of nitrogens with two attached hydrogens (primary N) is 1. The number of carbonyl (C=O) groups excluding carboxylic acids is 2. The van der Waals surface area contributed by atoms with Gasteiger partial charge in [0.05, 0.1) is 0 Å². The summed E-state index contributed by atoms with van der Waals surface area (Å²) >= 11 is 0. The lowest BCUT2D eigenvalue weighted by Crippen LogP contribution is -2.15. The van der Waals surface area contributed by atoms with Gasteiger partial charge in [-0.25, -0.2) is 0 Å². The Morgan fingerprint density at radius 1 is 1.17 bits per heavy atom. The molecule has 1 aromatic heterocycles. The van der Waals surface area contributed by atoms with Crippen molar-refractivity contribution in [3.63, 3.8) is 0 Å². The third-order valence-electron chi connectivity index (χ3n) is 2.94. The largest absolute Gasteiger partial charge is 0.471 e. The van der Waals surface area contributed by atoms with E-state index in [9.17, 15) is 22.8 Å². The maximum absolute atomic E-state index is 12.4. The Balaban J connectivity index is 2.15. The van der Waals surface area contributed by atoms with Crippen molar-refractivity contribution in [2.75, 3.05) is 6.54 Å². The van der Waals surface area contributed by atoms with Gasteiger partial charge in [-0.2, -0.15) is 18.2 Å². The molecule has 0 aliphatic heterocycles. The molecule has 0 atom stereocenters. The van der Waals surface area contributed by atoms with Crippen molar-refractivity contribution >= 4 is 11.6 Å². The fourth-order valence-corrected chi connectivity index (χ4v) is 1.76. The number of hydrogen-bond acceptors (Lipinski definition) is 6. The molecule has 2 N–H and O–H groups in total. The average Bonchev–Trinajstić information content (AvgIpc) is 3.02. The van der Waals surface area contributed by atoms with Crippen LogP contribution >= 0.6 is 0 Å². The SMILES string of the molecule is NCCCC(=O)C(=O)c1ccc(-c2noc(C(F)(F)F)n2)cc1. The van der Waals surface area contributed by atoms with Gasteiger partial charge in [-0.3, -0.25) is 9.59 Å². The summed E-state index contributed by atoms with van der Waals surface area (Å²) in [4.78, 5) is 26.7. The minimum Gasteiger partial charge on any atom is -0.330 e. The standard InChI is InChI=1S/C14H12F3N3O3/c15-14(16,17)13-19-12(20-23-13)9-5-3-8(4-6-9)11(22)10(21)2-1-7-18/h3-6H,1-2,7,18H2. The summed E-state index contributed by atoms with van der Waals surface area (Å²) in [7, 11) is 0. The third kappa shape index (κ3) is 4.01. The second kappa shape index (κ2) is 6.69. The van der Waals surface area contributed by atoms with Crippen LogP contribution in [0.25, 0.3) is 11.4 Å². The Morgan fingerprint density at radius 2 is 1.83 bits per heavy atom. The third-order valence-corrected chi connectivity index (χ3v) is 2.94. The van der Waals surface area contributed by atoms with Crippen molar-refractivity contribution in [1.82, 2.24) is 10.1 Å². The van der Waals surface area contributed by atoms with Crippen LogP contribution < -0.4 is 5.73 Å². The van der Waals surface area contributed by atoms with Gasteiger partial charge >= 0.3 is 12.1 Å². The normalized spacial score (nSPS) is 11.5. The molecule has 0 aliphatic rings. The molecular formula is C14H12F3N3O3. The topological polar surface area (TPSA) is 99.1 Å². The van der Waals surface area contributed by atoms with Crippen LogP contribution in [-0.2, 0) is 11.0 Å². The average molecular weight is 327 g/mol. The lowest BCUT2D eigenvalue weighted by atomic mass is 10.0. The first-order chi connectivity index (χ1) is 10.8. The summed E-state index contributed by atoms with van der Waals surface area (Å²) in [5.41, 5.74) is 5.63. The zero-order valence-electron chi connectivity index (χ0n) is 11.8. The number of halogens is 3. The summed E-state index contributed by atoms with van der Waals surface area (Å²) in [6.07, 6.45) is -4.26. The zero-order chi connectivity index (χ0) is 17.0. The number of alkyl halides is 3. The predicted octanol–water partition coefficient (Wildman–Crippen LogP) is 2.25. The van der Waals surface area contributed by atoms with Crippen LogP contribution in [0.5, 0.6) is 0 Å². The molecule has 2 rings (SSSR count). The highest BCUT2D eigenvalue weighted by Gasteiger charge is 2.38. The number of hydrogen-bond donors (Lipinski definition) is 1. The monoisotopic (exact) mass is 327 g/mol. The Hall–Kier alpha value is -2.55. The van der Waals surface area contributed by atoms with Crippen molar-refractivity contribution in [1.29, 1.82) is 0 Å². The summed E-state index contributed by atoms with van der Waals surface area (Å²) in [5.74, 6) is -2.95. The summed E-state index contributed by atoms with van der Waals surface area (Å²) in [5, 5.41) is 3.23. The lowest BCUT2D eigenvalue weighted by Gasteiger charge is -2.01. The fraction of sp³-hybridized carbons (Fsp3) is 0.286. The molecule has 0 amide bonds. The van der Waals surface area contributed by atoms with E-state index in [0.29, 0.717) is 13.0 Å². The van der Waals surface area contributed by atoms with E-state index in [1.54, 1.807) is 0 Å². The molecule has 0 saturated heterocycles. The van der Waals surface area contributed by atoms with Crippen molar-refractivity contribution in [2.24, 2.45) is 5.73 Å². The second-order valence-corrected chi connectivity index (χ2v) is 4.64. The maximum atomic E-state index is 12.4. The second-order valence-electron chi connectivity index (χ2n) is 4.64. The minimum absolute atomic E-state index is 0.0524. The smallest absolute Gasteiger partial charge is 0.330 e. The van der Waals surface area contributed by atoms with Crippen molar-refractivity contribution in [3.05, 3.63) is 35.7 Å². The van der Waals surface area contributed by atoms with E-state index < -0.39 is 23.6 Å². The number of benzene rings is 1. The van der Waals surface area contributed by atoms with E-state index in [2.05, 4.69) is 14.7 Å². The summed E-state index contributed by atoms with van der Waals surface area (Å²) in [6, 6.07) is 5.33. The van der Waals surface area contributed by atoms with Crippen LogP contribution in [-0.4, -0.2) is 28.3 Å². The van der Waals surface area contributed by atoms with E-state index >= 15 is 0 Å². The van der Waals surface area contributed by atoms with E-state index in [1.165, 1.54) is 24.3 Å². The molecule has 1 aromatic carbocycles.